The SMILES string of the molecule is CC(C)(C)c1nc(C(=O)NCCn2ccnn2)n[nH]1. The molecule has 2 heterocycles. The van der Waals surface area contributed by atoms with Crippen LogP contribution in [0.4, 0.5) is 0 Å². The lowest BCUT2D eigenvalue weighted by Crippen LogP contribution is -2.28. The van der Waals surface area contributed by atoms with E-state index < -0.39 is 0 Å². The summed E-state index contributed by atoms with van der Waals surface area (Å²) in [5.41, 5.74) is -0.160. The molecule has 0 atom stereocenters. The predicted octanol–water partition coefficient (Wildman–Crippen LogP) is 0.124. The third kappa shape index (κ3) is 3.36. The van der Waals surface area contributed by atoms with Gasteiger partial charge in [-0.3, -0.25) is 14.6 Å². The van der Waals surface area contributed by atoms with Gasteiger partial charge >= 0.3 is 0 Å². The molecule has 0 radical (unpaired) electrons. The fraction of sp³-hybridized carbons (Fsp3) is 0.545. The number of hydrogen-bond acceptors (Lipinski definition) is 5. The summed E-state index contributed by atoms with van der Waals surface area (Å²) < 4.78 is 1.64. The second kappa shape index (κ2) is 5.17. The highest BCUT2D eigenvalue weighted by molar-refractivity contribution is 5.90. The van der Waals surface area contributed by atoms with Crippen LogP contribution in [0.1, 0.15) is 37.2 Å². The third-order valence-corrected chi connectivity index (χ3v) is 2.50. The predicted molar refractivity (Wildman–Crippen MR) is 67.4 cm³/mol. The van der Waals surface area contributed by atoms with Crippen molar-refractivity contribution < 1.29 is 4.79 Å². The Morgan fingerprint density at radius 1 is 1.47 bits per heavy atom. The molecule has 0 fully saturated rings. The normalized spacial score (nSPS) is 11.5. The van der Waals surface area contributed by atoms with Gasteiger partial charge in [-0.05, 0) is 0 Å². The summed E-state index contributed by atoms with van der Waals surface area (Å²) in [5.74, 6) is 0.546. The van der Waals surface area contributed by atoms with Crippen LogP contribution in [0.15, 0.2) is 12.4 Å². The van der Waals surface area contributed by atoms with Crippen LogP contribution in [0, 0.1) is 0 Å². The molecule has 2 aromatic heterocycles. The fourth-order valence-electron chi connectivity index (χ4n) is 1.41. The van der Waals surface area contributed by atoms with Gasteiger partial charge in [0.05, 0.1) is 12.7 Å². The van der Waals surface area contributed by atoms with Crippen molar-refractivity contribution in [3.63, 3.8) is 0 Å². The van der Waals surface area contributed by atoms with Gasteiger partial charge in [0.1, 0.15) is 5.82 Å². The molecule has 0 unspecified atom stereocenters. The number of hydrogen-bond donors (Lipinski definition) is 2. The highest BCUT2D eigenvalue weighted by Crippen LogP contribution is 2.17. The van der Waals surface area contributed by atoms with Crippen molar-refractivity contribution in [1.29, 1.82) is 0 Å². The number of nitrogens with zero attached hydrogens (tertiary/aromatic N) is 5. The lowest BCUT2D eigenvalue weighted by molar-refractivity contribution is 0.0942. The van der Waals surface area contributed by atoms with Crippen LogP contribution in [0.2, 0.25) is 0 Å². The summed E-state index contributed by atoms with van der Waals surface area (Å²) in [6, 6.07) is 0. The average molecular weight is 263 g/mol. The van der Waals surface area contributed by atoms with Gasteiger partial charge in [0, 0.05) is 18.2 Å². The van der Waals surface area contributed by atoms with E-state index in [2.05, 4.69) is 30.8 Å². The van der Waals surface area contributed by atoms with Crippen LogP contribution in [0.3, 0.4) is 0 Å². The standard InChI is InChI=1S/C11H17N7O/c1-11(2,3)10-14-8(15-16-10)9(19)12-4-6-18-7-5-13-17-18/h5,7H,4,6H2,1-3H3,(H,12,19)(H,14,15,16). The van der Waals surface area contributed by atoms with E-state index in [0.29, 0.717) is 18.9 Å². The van der Waals surface area contributed by atoms with E-state index >= 15 is 0 Å². The quantitative estimate of drug-likeness (QED) is 0.816. The maximum absolute atomic E-state index is 11.8. The molecule has 0 saturated carbocycles. The first-order valence-corrected chi connectivity index (χ1v) is 6.02. The van der Waals surface area contributed by atoms with Crippen molar-refractivity contribution in [2.75, 3.05) is 6.54 Å². The van der Waals surface area contributed by atoms with Gasteiger partial charge in [0.25, 0.3) is 5.91 Å². The Hall–Kier alpha value is -2.25. The average Bonchev–Trinajstić information content (AvgIpc) is 2.99. The second-order valence-corrected chi connectivity index (χ2v) is 5.18. The number of nitrogens with one attached hydrogen (secondary N) is 2. The van der Waals surface area contributed by atoms with E-state index in [1.165, 1.54) is 0 Å². The second-order valence-electron chi connectivity index (χ2n) is 5.18. The minimum Gasteiger partial charge on any atom is -0.347 e. The van der Waals surface area contributed by atoms with Gasteiger partial charge in [-0.25, -0.2) is 4.98 Å². The molecule has 0 spiro atoms. The van der Waals surface area contributed by atoms with Crippen molar-refractivity contribution in [3.8, 4) is 0 Å². The smallest absolute Gasteiger partial charge is 0.291 e. The highest BCUT2D eigenvalue weighted by Gasteiger charge is 2.20. The zero-order valence-corrected chi connectivity index (χ0v) is 11.2. The number of aromatic amines is 1. The van der Waals surface area contributed by atoms with Crippen LogP contribution in [0.5, 0.6) is 0 Å². The topological polar surface area (TPSA) is 101 Å². The Balaban J connectivity index is 1.88. The van der Waals surface area contributed by atoms with Gasteiger partial charge < -0.3 is 5.32 Å². The number of H-pyrrole nitrogens is 1. The van der Waals surface area contributed by atoms with Crippen LogP contribution >= 0.6 is 0 Å². The van der Waals surface area contributed by atoms with E-state index in [0.717, 1.165) is 0 Å². The van der Waals surface area contributed by atoms with E-state index in [1.54, 1.807) is 17.1 Å². The number of rotatable bonds is 4. The molecule has 0 saturated heterocycles. The maximum Gasteiger partial charge on any atom is 0.291 e. The van der Waals surface area contributed by atoms with Crippen molar-refractivity contribution in [2.24, 2.45) is 0 Å². The zero-order valence-electron chi connectivity index (χ0n) is 11.2. The molecule has 2 rings (SSSR count). The molecule has 8 heteroatoms. The number of aromatic nitrogens is 6. The van der Waals surface area contributed by atoms with Crippen molar-refractivity contribution in [2.45, 2.75) is 32.7 Å². The first-order valence-electron chi connectivity index (χ1n) is 6.02. The fourth-order valence-corrected chi connectivity index (χ4v) is 1.41. The molecule has 0 aromatic carbocycles. The van der Waals surface area contributed by atoms with Gasteiger partial charge in [0.15, 0.2) is 0 Å². The number of carbonyl (C=O) groups is 1. The van der Waals surface area contributed by atoms with E-state index in [1.807, 2.05) is 20.8 Å². The van der Waals surface area contributed by atoms with E-state index in [-0.39, 0.29) is 17.1 Å². The third-order valence-electron chi connectivity index (χ3n) is 2.50. The molecule has 0 bridgehead atoms. The Morgan fingerprint density at radius 2 is 2.26 bits per heavy atom. The highest BCUT2D eigenvalue weighted by atomic mass is 16.2. The van der Waals surface area contributed by atoms with Gasteiger partial charge in [-0.2, -0.15) is 0 Å². The molecule has 19 heavy (non-hydrogen) atoms. The molecule has 102 valence electrons. The lowest BCUT2D eigenvalue weighted by atomic mass is 9.96. The Bertz CT molecular complexity index is 538. The van der Waals surface area contributed by atoms with E-state index in [9.17, 15) is 4.79 Å². The molecule has 8 nitrogen and oxygen atoms in total. The Morgan fingerprint density at radius 3 is 2.84 bits per heavy atom. The summed E-state index contributed by atoms with van der Waals surface area (Å²) in [5, 5.41) is 16.9. The lowest BCUT2D eigenvalue weighted by Gasteiger charge is -2.12. The Labute approximate surface area is 110 Å². The summed E-state index contributed by atoms with van der Waals surface area (Å²) in [6.45, 7) is 7.00. The van der Waals surface area contributed by atoms with Crippen LogP contribution in [-0.4, -0.2) is 42.6 Å². The van der Waals surface area contributed by atoms with E-state index in [4.69, 9.17) is 0 Å². The largest absolute Gasteiger partial charge is 0.347 e. The van der Waals surface area contributed by atoms with Crippen molar-refractivity contribution in [1.82, 2.24) is 35.5 Å². The first kappa shape index (κ1) is 13.2. The minimum absolute atomic E-state index is 0.156. The van der Waals surface area contributed by atoms with Gasteiger partial charge in [-0.15, -0.1) is 10.2 Å². The summed E-state index contributed by atoms with van der Waals surface area (Å²) in [4.78, 5) is 16.0. The van der Waals surface area contributed by atoms with Crippen molar-refractivity contribution >= 4 is 5.91 Å². The molecular formula is C11H17N7O. The van der Waals surface area contributed by atoms with Gasteiger partial charge in [-0.1, -0.05) is 26.0 Å². The van der Waals surface area contributed by atoms with Crippen LogP contribution in [-0.2, 0) is 12.0 Å². The molecular weight excluding hydrogens is 246 g/mol. The number of amides is 1. The summed E-state index contributed by atoms with van der Waals surface area (Å²) >= 11 is 0. The monoisotopic (exact) mass is 263 g/mol. The van der Waals surface area contributed by atoms with Crippen molar-refractivity contribution in [3.05, 3.63) is 24.0 Å². The molecule has 0 aliphatic rings. The van der Waals surface area contributed by atoms with Crippen LogP contribution < -0.4 is 5.32 Å². The molecule has 2 N–H and O–H groups in total. The number of carbonyl (C=O) groups excluding carboxylic acids is 1. The zero-order chi connectivity index (χ0) is 13.9. The minimum atomic E-state index is -0.299. The van der Waals surface area contributed by atoms with Gasteiger partial charge in [0.2, 0.25) is 5.82 Å². The summed E-state index contributed by atoms with van der Waals surface area (Å²) in [7, 11) is 0. The Kier molecular flexibility index (Phi) is 3.59. The summed E-state index contributed by atoms with van der Waals surface area (Å²) in [6.07, 6.45) is 3.32. The molecule has 0 aliphatic carbocycles. The maximum atomic E-state index is 11.8. The van der Waals surface area contributed by atoms with Crippen LogP contribution in [0.25, 0.3) is 0 Å². The molecule has 1 amide bonds. The first-order chi connectivity index (χ1) is 8.97. The molecule has 0 aliphatic heterocycles. The molecule has 2 aromatic rings.